The number of esters is 1. The zero-order chi connectivity index (χ0) is 11.4. The first-order valence-corrected chi connectivity index (χ1v) is 5.05. The summed E-state index contributed by atoms with van der Waals surface area (Å²) in [6.07, 6.45) is 0.887. The first-order valence-electron chi connectivity index (χ1n) is 5.05. The Morgan fingerprint density at radius 2 is 1.71 bits per heavy atom. The van der Waals surface area contributed by atoms with Crippen LogP contribution in [-0.4, -0.2) is 25.2 Å². The van der Waals surface area contributed by atoms with Gasteiger partial charge in [-0.2, -0.15) is 0 Å². The molecule has 0 aliphatic carbocycles. The molecule has 0 aromatic rings. The predicted molar refractivity (Wildman–Crippen MR) is 58.2 cm³/mol. The molecule has 84 valence electrons. The van der Waals surface area contributed by atoms with Crippen LogP contribution in [0.1, 0.15) is 41.0 Å². The van der Waals surface area contributed by atoms with Gasteiger partial charge in [0.15, 0.2) is 0 Å². The van der Waals surface area contributed by atoms with Crippen LogP contribution in [0.2, 0.25) is 0 Å². The predicted octanol–water partition coefficient (Wildman–Crippen LogP) is 1.96. The Hall–Kier alpha value is -0.570. The molecule has 0 radical (unpaired) electrons. The summed E-state index contributed by atoms with van der Waals surface area (Å²) in [5.74, 6) is -0.191. The van der Waals surface area contributed by atoms with Gasteiger partial charge in [0.2, 0.25) is 0 Å². The summed E-state index contributed by atoms with van der Waals surface area (Å²) in [6.45, 7) is 10.5. The van der Waals surface area contributed by atoms with E-state index in [1.165, 1.54) is 0 Å². The van der Waals surface area contributed by atoms with Crippen molar-refractivity contribution in [2.45, 2.75) is 46.6 Å². The first-order chi connectivity index (χ1) is 6.19. The van der Waals surface area contributed by atoms with Crippen LogP contribution in [0, 0.1) is 5.41 Å². The van der Waals surface area contributed by atoms with Crippen molar-refractivity contribution in [3.8, 4) is 0 Å². The van der Waals surface area contributed by atoms with Crippen molar-refractivity contribution in [1.29, 1.82) is 0 Å². The number of hydrogen-bond acceptors (Lipinski definition) is 3. The van der Waals surface area contributed by atoms with E-state index in [9.17, 15) is 4.79 Å². The maximum Gasteiger partial charge on any atom is 0.325 e. The van der Waals surface area contributed by atoms with Crippen LogP contribution < -0.4 is 5.32 Å². The second-order valence-electron chi connectivity index (χ2n) is 5.32. The molecule has 14 heavy (non-hydrogen) atoms. The highest BCUT2D eigenvalue weighted by Gasteiger charge is 2.27. The van der Waals surface area contributed by atoms with Gasteiger partial charge in [0.05, 0.1) is 6.61 Å². The van der Waals surface area contributed by atoms with Gasteiger partial charge < -0.3 is 10.1 Å². The van der Waals surface area contributed by atoms with Gasteiger partial charge in [0.25, 0.3) is 0 Å². The monoisotopic (exact) mass is 201 g/mol. The van der Waals surface area contributed by atoms with Crippen LogP contribution in [0.5, 0.6) is 0 Å². The van der Waals surface area contributed by atoms with Crippen LogP contribution in [0.3, 0.4) is 0 Å². The zero-order valence-corrected chi connectivity index (χ0v) is 10.2. The van der Waals surface area contributed by atoms with E-state index in [-0.39, 0.29) is 11.4 Å². The molecule has 0 bridgehead atoms. The Balaban J connectivity index is 3.87. The van der Waals surface area contributed by atoms with E-state index in [0.29, 0.717) is 6.61 Å². The maximum atomic E-state index is 11.5. The van der Waals surface area contributed by atoms with Crippen LogP contribution in [0.15, 0.2) is 0 Å². The van der Waals surface area contributed by atoms with Crippen LogP contribution >= 0.6 is 0 Å². The van der Waals surface area contributed by atoms with Gasteiger partial charge in [0, 0.05) is 0 Å². The van der Waals surface area contributed by atoms with Crippen molar-refractivity contribution in [2.75, 3.05) is 13.7 Å². The number of carbonyl (C=O) groups excluding carboxylic acids is 1. The number of likely N-dealkylation sites (N-methyl/N-ethyl adjacent to an activating group) is 1. The standard InChI is InChI=1S/C11H23NO2/c1-10(2,3)7-8-14-9(13)11(4,5)12-6/h12H,7-8H2,1-6H3. The SMILES string of the molecule is CNC(C)(C)C(=O)OCCC(C)(C)C. The quantitative estimate of drug-likeness (QED) is 0.707. The molecular formula is C11H23NO2. The lowest BCUT2D eigenvalue weighted by Gasteiger charge is -2.23. The van der Waals surface area contributed by atoms with Gasteiger partial charge in [0.1, 0.15) is 5.54 Å². The molecule has 0 aliphatic heterocycles. The zero-order valence-electron chi connectivity index (χ0n) is 10.2. The van der Waals surface area contributed by atoms with E-state index < -0.39 is 5.54 Å². The van der Waals surface area contributed by atoms with Crippen molar-refractivity contribution in [3.63, 3.8) is 0 Å². The van der Waals surface area contributed by atoms with E-state index >= 15 is 0 Å². The Bertz CT molecular complexity index is 192. The van der Waals surface area contributed by atoms with Gasteiger partial charge in [-0.3, -0.25) is 4.79 Å². The summed E-state index contributed by atoms with van der Waals surface area (Å²) in [5.41, 5.74) is -0.373. The van der Waals surface area contributed by atoms with E-state index in [0.717, 1.165) is 6.42 Å². The molecule has 0 amide bonds. The Morgan fingerprint density at radius 1 is 1.21 bits per heavy atom. The molecule has 0 aromatic heterocycles. The molecule has 0 saturated heterocycles. The number of nitrogens with one attached hydrogen (secondary N) is 1. The Kier molecular flexibility index (Phi) is 4.59. The van der Waals surface area contributed by atoms with Gasteiger partial charge in [-0.15, -0.1) is 0 Å². The molecule has 0 saturated carbocycles. The van der Waals surface area contributed by atoms with Gasteiger partial charge >= 0.3 is 5.97 Å². The fourth-order valence-electron chi connectivity index (χ4n) is 0.732. The smallest absolute Gasteiger partial charge is 0.325 e. The van der Waals surface area contributed by atoms with E-state index in [1.54, 1.807) is 7.05 Å². The van der Waals surface area contributed by atoms with Gasteiger partial charge in [-0.25, -0.2) is 0 Å². The third kappa shape index (κ3) is 5.22. The summed E-state index contributed by atoms with van der Waals surface area (Å²) in [6, 6.07) is 0. The van der Waals surface area contributed by atoms with Gasteiger partial charge in [-0.05, 0) is 32.7 Å². The van der Waals surface area contributed by atoms with Crippen molar-refractivity contribution in [1.82, 2.24) is 5.32 Å². The highest BCUT2D eigenvalue weighted by molar-refractivity contribution is 5.79. The Labute approximate surface area is 87.2 Å². The normalized spacial score (nSPS) is 12.7. The van der Waals surface area contributed by atoms with Crippen molar-refractivity contribution in [2.24, 2.45) is 5.41 Å². The molecule has 0 fully saturated rings. The highest BCUT2D eigenvalue weighted by atomic mass is 16.5. The van der Waals surface area contributed by atoms with E-state index in [4.69, 9.17) is 4.74 Å². The molecule has 0 aliphatic rings. The largest absolute Gasteiger partial charge is 0.464 e. The topological polar surface area (TPSA) is 38.3 Å². The number of ether oxygens (including phenoxy) is 1. The average molecular weight is 201 g/mol. The number of carbonyl (C=O) groups is 1. The summed E-state index contributed by atoms with van der Waals surface area (Å²) in [5, 5.41) is 2.91. The minimum absolute atomic E-state index is 0.191. The number of rotatable bonds is 4. The van der Waals surface area contributed by atoms with Crippen molar-refractivity contribution >= 4 is 5.97 Å². The summed E-state index contributed by atoms with van der Waals surface area (Å²) in [4.78, 5) is 11.5. The van der Waals surface area contributed by atoms with Crippen LogP contribution in [-0.2, 0) is 9.53 Å². The first kappa shape index (κ1) is 13.4. The molecule has 0 aromatic carbocycles. The molecule has 0 rings (SSSR count). The number of hydrogen-bond donors (Lipinski definition) is 1. The lowest BCUT2D eigenvalue weighted by atomic mass is 9.93. The average Bonchev–Trinajstić information content (AvgIpc) is 2.02. The highest BCUT2D eigenvalue weighted by Crippen LogP contribution is 2.18. The van der Waals surface area contributed by atoms with E-state index in [1.807, 2.05) is 13.8 Å². The molecule has 0 atom stereocenters. The molecule has 1 N–H and O–H groups in total. The summed E-state index contributed by atoms with van der Waals surface area (Å²) < 4.78 is 5.17. The minimum atomic E-state index is -0.585. The lowest BCUT2D eigenvalue weighted by molar-refractivity contribution is -0.150. The van der Waals surface area contributed by atoms with Crippen LogP contribution in [0.25, 0.3) is 0 Å². The Morgan fingerprint density at radius 3 is 2.07 bits per heavy atom. The molecule has 0 spiro atoms. The van der Waals surface area contributed by atoms with Crippen LogP contribution in [0.4, 0.5) is 0 Å². The minimum Gasteiger partial charge on any atom is -0.464 e. The fraction of sp³-hybridized carbons (Fsp3) is 0.909. The maximum absolute atomic E-state index is 11.5. The molecule has 3 heteroatoms. The molecule has 0 unspecified atom stereocenters. The fourth-order valence-corrected chi connectivity index (χ4v) is 0.732. The summed E-state index contributed by atoms with van der Waals surface area (Å²) in [7, 11) is 1.75. The molecular weight excluding hydrogens is 178 g/mol. The van der Waals surface area contributed by atoms with Gasteiger partial charge in [-0.1, -0.05) is 20.8 Å². The molecule has 3 nitrogen and oxygen atoms in total. The van der Waals surface area contributed by atoms with Crippen molar-refractivity contribution < 1.29 is 9.53 Å². The molecule has 0 heterocycles. The van der Waals surface area contributed by atoms with E-state index in [2.05, 4.69) is 26.1 Å². The summed E-state index contributed by atoms with van der Waals surface area (Å²) >= 11 is 0. The second-order valence-corrected chi connectivity index (χ2v) is 5.32. The van der Waals surface area contributed by atoms with Crippen molar-refractivity contribution in [3.05, 3.63) is 0 Å². The third-order valence-electron chi connectivity index (χ3n) is 2.22. The lowest BCUT2D eigenvalue weighted by Crippen LogP contribution is -2.45. The third-order valence-corrected chi connectivity index (χ3v) is 2.22. The second kappa shape index (κ2) is 4.78.